The Morgan fingerprint density at radius 3 is 2.94 bits per heavy atom. The highest BCUT2D eigenvalue weighted by atomic mass is 32.2. The first-order chi connectivity index (χ1) is 7.96. The Morgan fingerprint density at radius 2 is 2.29 bits per heavy atom. The summed E-state index contributed by atoms with van der Waals surface area (Å²) >= 11 is 0. The van der Waals surface area contributed by atoms with Gasteiger partial charge in [0.05, 0.1) is 6.04 Å². The van der Waals surface area contributed by atoms with Gasteiger partial charge in [0.15, 0.2) is 15.7 Å². The van der Waals surface area contributed by atoms with E-state index in [1.165, 1.54) is 0 Å². The molecule has 96 valence electrons. The van der Waals surface area contributed by atoms with Crippen LogP contribution < -0.4 is 5.32 Å². The summed E-state index contributed by atoms with van der Waals surface area (Å²) in [6.45, 7) is 3.05. The lowest BCUT2D eigenvalue weighted by Crippen LogP contribution is -2.33. The quantitative estimate of drug-likeness (QED) is 0.859. The topological polar surface area (TPSA) is 85.1 Å². The molecule has 1 saturated heterocycles. The van der Waals surface area contributed by atoms with Crippen LogP contribution in [0.1, 0.15) is 37.5 Å². The van der Waals surface area contributed by atoms with Crippen molar-refractivity contribution in [2.45, 2.75) is 31.6 Å². The molecule has 2 rings (SSSR count). The molecule has 0 saturated carbocycles. The second-order valence-electron chi connectivity index (χ2n) is 4.67. The zero-order valence-corrected chi connectivity index (χ0v) is 10.8. The Bertz CT molecular complexity index is 483. The number of hydrogen-bond donors (Lipinski definition) is 1. The van der Waals surface area contributed by atoms with E-state index in [2.05, 4.69) is 22.4 Å². The third kappa shape index (κ3) is 3.26. The van der Waals surface area contributed by atoms with Gasteiger partial charge in [0, 0.05) is 6.26 Å². The van der Waals surface area contributed by atoms with Crippen LogP contribution in [0, 0.1) is 5.92 Å². The molecule has 1 aromatic heterocycles. The van der Waals surface area contributed by atoms with Crippen molar-refractivity contribution < 1.29 is 12.9 Å². The predicted octanol–water partition coefficient (Wildman–Crippen LogP) is 0.675. The minimum absolute atomic E-state index is 0.0459. The molecule has 0 spiro atoms. The van der Waals surface area contributed by atoms with Crippen LogP contribution >= 0.6 is 0 Å². The lowest BCUT2D eigenvalue weighted by atomic mass is 9.93. The highest BCUT2D eigenvalue weighted by Gasteiger charge is 2.27. The molecule has 17 heavy (non-hydrogen) atoms. The Morgan fingerprint density at radius 1 is 1.53 bits per heavy atom. The fraction of sp³-hybridized carbons (Fsp3) is 0.800. The normalized spacial score (nSPS) is 26.0. The SMILES string of the molecule is CC1CCCNC1c1nc(CS(C)(=O)=O)no1. The first-order valence-corrected chi connectivity index (χ1v) is 7.75. The number of nitrogens with zero attached hydrogens (tertiary/aromatic N) is 2. The molecule has 1 aromatic rings. The van der Waals surface area contributed by atoms with E-state index in [0.717, 1.165) is 25.6 Å². The first kappa shape index (κ1) is 12.5. The Balaban J connectivity index is 2.12. The molecule has 6 nitrogen and oxygen atoms in total. The van der Waals surface area contributed by atoms with Gasteiger partial charge in [-0.2, -0.15) is 4.98 Å². The van der Waals surface area contributed by atoms with Crippen LogP contribution in [0.4, 0.5) is 0 Å². The van der Waals surface area contributed by atoms with Gasteiger partial charge in [-0.05, 0) is 25.3 Å². The average molecular weight is 259 g/mol. The second-order valence-corrected chi connectivity index (χ2v) is 6.81. The standard InChI is InChI=1S/C10H17N3O3S/c1-7-4-3-5-11-9(7)10-12-8(13-16-10)6-17(2,14)15/h7,9,11H,3-6H2,1-2H3. The summed E-state index contributed by atoms with van der Waals surface area (Å²) in [4.78, 5) is 4.15. The minimum Gasteiger partial charge on any atom is -0.338 e. The highest BCUT2D eigenvalue weighted by molar-refractivity contribution is 7.89. The molecule has 0 radical (unpaired) electrons. The maximum absolute atomic E-state index is 11.1. The van der Waals surface area contributed by atoms with Gasteiger partial charge in [0.1, 0.15) is 5.75 Å². The lowest BCUT2D eigenvalue weighted by Gasteiger charge is -2.26. The van der Waals surface area contributed by atoms with Gasteiger partial charge >= 0.3 is 0 Å². The molecule has 0 amide bonds. The summed E-state index contributed by atoms with van der Waals surface area (Å²) in [5.41, 5.74) is 0. The van der Waals surface area contributed by atoms with Gasteiger partial charge in [-0.3, -0.25) is 0 Å². The van der Waals surface area contributed by atoms with E-state index in [1.807, 2.05) is 0 Å². The van der Waals surface area contributed by atoms with Crippen molar-refractivity contribution in [3.05, 3.63) is 11.7 Å². The summed E-state index contributed by atoms with van der Waals surface area (Å²) in [5, 5.41) is 7.02. The van der Waals surface area contributed by atoms with Crippen molar-refractivity contribution in [1.82, 2.24) is 15.5 Å². The zero-order valence-electron chi connectivity index (χ0n) is 10.0. The van der Waals surface area contributed by atoms with Crippen molar-refractivity contribution in [2.24, 2.45) is 5.92 Å². The monoisotopic (exact) mass is 259 g/mol. The lowest BCUT2D eigenvalue weighted by molar-refractivity contribution is 0.239. The predicted molar refractivity (Wildman–Crippen MR) is 62.0 cm³/mol. The molecule has 7 heteroatoms. The number of sulfone groups is 1. The molecular formula is C10H17N3O3S. The van der Waals surface area contributed by atoms with Crippen LogP contribution in [0.25, 0.3) is 0 Å². The van der Waals surface area contributed by atoms with Crippen molar-refractivity contribution in [3.63, 3.8) is 0 Å². The average Bonchev–Trinajstić information content (AvgIpc) is 2.64. The molecule has 1 N–H and O–H groups in total. The largest absolute Gasteiger partial charge is 0.338 e. The van der Waals surface area contributed by atoms with Crippen molar-refractivity contribution in [3.8, 4) is 0 Å². The van der Waals surface area contributed by atoms with E-state index >= 15 is 0 Å². The van der Waals surface area contributed by atoms with Gasteiger partial charge in [-0.1, -0.05) is 12.1 Å². The fourth-order valence-corrected chi connectivity index (χ4v) is 2.65. The molecule has 0 aromatic carbocycles. The van der Waals surface area contributed by atoms with E-state index < -0.39 is 9.84 Å². The summed E-state index contributed by atoms with van der Waals surface area (Å²) in [5.74, 6) is 0.991. The van der Waals surface area contributed by atoms with Crippen molar-refractivity contribution >= 4 is 9.84 Å². The molecule has 0 aliphatic carbocycles. The van der Waals surface area contributed by atoms with Gasteiger partial charge in [0.2, 0.25) is 5.89 Å². The molecule has 1 aliphatic rings. The number of rotatable bonds is 3. The fourth-order valence-electron chi connectivity index (χ4n) is 2.07. The number of nitrogens with one attached hydrogen (secondary N) is 1. The Hall–Kier alpha value is -0.950. The molecule has 2 unspecified atom stereocenters. The summed E-state index contributed by atoms with van der Waals surface area (Å²) < 4.78 is 27.4. The van der Waals surface area contributed by atoms with E-state index in [-0.39, 0.29) is 17.6 Å². The van der Waals surface area contributed by atoms with Crippen LogP contribution in [-0.4, -0.2) is 31.4 Å². The molecular weight excluding hydrogens is 242 g/mol. The van der Waals surface area contributed by atoms with Gasteiger partial charge in [0.25, 0.3) is 0 Å². The van der Waals surface area contributed by atoms with Gasteiger partial charge in [-0.25, -0.2) is 8.42 Å². The molecule has 1 fully saturated rings. The van der Waals surface area contributed by atoms with Gasteiger partial charge in [-0.15, -0.1) is 0 Å². The van der Waals surface area contributed by atoms with Gasteiger partial charge < -0.3 is 9.84 Å². The van der Waals surface area contributed by atoms with E-state index in [9.17, 15) is 8.42 Å². The molecule has 2 atom stereocenters. The van der Waals surface area contributed by atoms with Crippen molar-refractivity contribution in [2.75, 3.05) is 12.8 Å². The third-order valence-electron chi connectivity index (χ3n) is 2.91. The van der Waals surface area contributed by atoms with Crippen LogP contribution in [0.3, 0.4) is 0 Å². The minimum atomic E-state index is -3.11. The third-order valence-corrected chi connectivity index (χ3v) is 3.69. The van der Waals surface area contributed by atoms with Crippen molar-refractivity contribution in [1.29, 1.82) is 0 Å². The van der Waals surface area contributed by atoms with Crippen LogP contribution in [-0.2, 0) is 15.6 Å². The highest BCUT2D eigenvalue weighted by Crippen LogP contribution is 2.27. The van der Waals surface area contributed by atoms with E-state index in [1.54, 1.807) is 0 Å². The summed E-state index contributed by atoms with van der Waals surface area (Å²) in [6, 6.07) is 0.0459. The van der Waals surface area contributed by atoms with Crippen LogP contribution in [0.5, 0.6) is 0 Å². The smallest absolute Gasteiger partial charge is 0.244 e. The number of aromatic nitrogens is 2. The number of piperidine rings is 1. The molecule has 2 heterocycles. The first-order valence-electron chi connectivity index (χ1n) is 5.69. The van der Waals surface area contributed by atoms with E-state index in [4.69, 9.17) is 4.52 Å². The Labute approximate surface area is 101 Å². The maximum atomic E-state index is 11.1. The zero-order chi connectivity index (χ0) is 12.5. The molecule has 0 bridgehead atoms. The van der Waals surface area contributed by atoms with Crippen LogP contribution in [0.15, 0.2) is 4.52 Å². The summed E-state index contributed by atoms with van der Waals surface area (Å²) in [6.07, 6.45) is 3.41. The van der Waals surface area contributed by atoms with Crippen LogP contribution in [0.2, 0.25) is 0 Å². The molecule has 1 aliphatic heterocycles. The maximum Gasteiger partial charge on any atom is 0.244 e. The number of hydrogen-bond acceptors (Lipinski definition) is 6. The van der Waals surface area contributed by atoms with E-state index in [0.29, 0.717) is 11.8 Å². The summed E-state index contributed by atoms with van der Waals surface area (Å²) in [7, 11) is -3.11. The second kappa shape index (κ2) is 4.73. The Kier molecular flexibility index (Phi) is 3.48.